The fraction of sp³-hybridized carbons (Fsp3) is 0.632. The second kappa shape index (κ2) is 11.1. The maximum absolute atomic E-state index is 12.5. The number of guanidine groups is 1. The van der Waals surface area contributed by atoms with Gasteiger partial charge in [0.25, 0.3) is 0 Å². The van der Waals surface area contributed by atoms with E-state index >= 15 is 0 Å². The van der Waals surface area contributed by atoms with E-state index in [0.29, 0.717) is 24.6 Å². The van der Waals surface area contributed by atoms with Crippen LogP contribution in [0.15, 0.2) is 23.2 Å². The summed E-state index contributed by atoms with van der Waals surface area (Å²) in [5.74, 6) is 0.696. The van der Waals surface area contributed by atoms with Gasteiger partial charge in [0.1, 0.15) is 5.75 Å². The number of alkyl halides is 3. The molecule has 0 unspecified atom stereocenters. The van der Waals surface area contributed by atoms with Gasteiger partial charge in [-0.2, -0.15) is 13.2 Å². The van der Waals surface area contributed by atoms with Crippen LogP contribution in [-0.4, -0.2) is 42.5 Å². The Morgan fingerprint density at radius 1 is 1.25 bits per heavy atom. The van der Waals surface area contributed by atoms with Crippen LogP contribution in [-0.2, 0) is 6.54 Å². The number of aliphatic hydroxyl groups is 1. The molecule has 0 saturated heterocycles. The highest BCUT2D eigenvalue weighted by Crippen LogP contribution is 2.28. The minimum atomic E-state index is -4.39. The molecule has 0 atom stereocenters. The lowest BCUT2D eigenvalue weighted by molar-refractivity contribution is -0.153. The lowest BCUT2D eigenvalue weighted by Crippen LogP contribution is -2.46. The number of aryl methyl sites for hydroxylation is 1. The Morgan fingerprint density at radius 2 is 1.93 bits per heavy atom. The van der Waals surface area contributed by atoms with Crippen LogP contribution in [0.25, 0.3) is 0 Å². The average molecular weight is 515 g/mol. The van der Waals surface area contributed by atoms with E-state index in [1.54, 1.807) is 19.1 Å². The van der Waals surface area contributed by atoms with Crippen molar-refractivity contribution in [3.05, 3.63) is 29.3 Å². The Morgan fingerprint density at radius 3 is 2.54 bits per heavy atom. The monoisotopic (exact) mass is 515 g/mol. The largest absolute Gasteiger partial charge is 0.484 e. The van der Waals surface area contributed by atoms with Gasteiger partial charge >= 0.3 is 6.18 Å². The Kier molecular flexibility index (Phi) is 9.82. The molecular formula is C19H29F3IN3O2. The van der Waals surface area contributed by atoms with Crippen molar-refractivity contribution in [2.45, 2.75) is 57.9 Å². The first-order valence-electron chi connectivity index (χ1n) is 9.24. The van der Waals surface area contributed by atoms with Gasteiger partial charge in [0.15, 0.2) is 12.6 Å². The topological polar surface area (TPSA) is 65.9 Å². The molecule has 160 valence electrons. The minimum absolute atomic E-state index is 0. The van der Waals surface area contributed by atoms with Gasteiger partial charge in [0.2, 0.25) is 0 Å². The molecule has 1 aromatic rings. The van der Waals surface area contributed by atoms with E-state index in [-0.39, 0.29) is 36.3 Å². The van der Waals surface area contributed by atoms with Crippen LogP contribution in [0, 0.1) is 6.92 Å². The Balaban J connectivity index is 0.00000392. The smallest absolute Gasteiger partial charge is 0.422 e. The molecule has 0 aromatic heterocycles. The number of rotatable bonds is 7. The van der Waals surface area contributed by atoms with Gasteiger partial charge in [-0.15, -0.1) is 24.0 Å². The summed E-state index contributed by atoms with van der Waals surface area (Å²) in [5.41, 5.74) is 0.663. The summed E-state index contributed by atoms with van der Waals surface area (Å²) >= 11 is 0. The first-order chi connectivity index (χ1) is 12.7. The van der Waals surface area contributed by atoms with E-state index in [2.05, 4.69) is 15.6 Å². The molecular weight excluding hydrogens is 486 g/mol. The van der Waals surface area contributed by atoms with Gasteiger partial charge in [0, 0.05) is 18.7 Å². The van der Waals surface area contributed by atoms with E-state index < -0.39 is 18.4 Å². The summed E-state index contributed by atoms with van der Waals surface area (Å²) in [6, 6.07) is 5.11. The first-order valence-corrected chi connectivity index (χ1v) is 9.24. The SMILES string of the molecule is CCNC(=NCc1ccc(C)cc1OCC(F)(F)F)NCC1(O)CCCC1.I. The highest BCUT2D eigenvalue weighted by atomic mass is 127. The number of hydrogen-bond acceptors (Lipinski definition) is 3. The third kappa shape index (κ3) is 8.42. The lowest BCUT2D eigenvalue weighted by atomic mass is 10.0. The second-order valence-corrected chi connectivity index (χ2v) is 7.00. The molecule has 1 aliphatic rings. The number of ether oxygens (including phenoxy) is 1. The maximum Gasteiger partial charge on any atom is 0.422 e. The summed E-state index contributed by atoms with van der Waals surface area (Å²) in [4.78, 5) is 4.43. The fourth-order valence-corrected chi connectivity index (χ4v) is 3.05. The molecule has 1 saturated carbocycles. The van der Waals surface area contributed by atoms with Gasteiger partial charge in [-0.05, 0) is 38.3 Å². The van der Waals surface area contributed by atoms with Gasteiger partial charge in [-0.25, -0.2) is 4.99 Å². The summed E-state index contributed by atoms with van der Waals surface area (Å²) in [6.45, 7) is 3.58. The zero-order chi connectivity index (χ0) is 19.9. The predicted octanol–water partition coefficient (Wildman–Crippen LogP) is 3.91. The van der Waals surface area contributed by atoms with Crippen LogP contribution in [0.1, 0.15) is 43.7 Å². The van der Waals surface area contributed by atoms with E-state index in [1.165, 1.54) is 0 Å². The first kappa shape index (κ1) is 24.8. The standard InChI is InChI=1S/C19H28F3N3O2.HI/c1-3-23-17(25-12-18(26)8-4-5-9-18)24-11-15-7-6-14(2)10-16(15)27-13-19(20,21)22;/h6-7,10,26H,3-5,8-9,11-13H2,1-2H3,(H2,23,24,25);1H. The van der Waals surface area contributed by atoms with Crippen molar-refractivity contribution < 1.29 is 23.0 Å². The molecule has 0 spiro atoms. The number of benzene rings is 1. The highest BCUT2D eigenvalue weighted by molar-refractivity contribution is 14.0. The maximum atomic E-state index is 12.5. The van der Waals surface area contributed by atoms with E-state index in [0.717, 1.165) is 31.2 Å². The van der Waals surface area contributed by atoms with Gasteiger partial charge in [-0.1, -0.05) is 25.0 Å². The van der Waals surface area contributed by atoms with Crippen molar-refractivity contribution in [3.63, 3.8) is 0 Å². The summed E-state index contributed by atoms with van der Waals surface area (Å²) < 4.78 is 42.4. The molecule has 5 nitrogen and oxygen atoms in total. The van der Waals surface area contributed by atoms with Crippen LogP contribution >= 0.6 is 24.0 Å². The normalized spacial score (nSPS) is 16.4. The van der Waals surface area contributed by atoms with E-state index in [1.807, 2.05) is 13.0 Å². The van der Waals surface area contributed by atoms with Crippen LogP contribution in [0.3, 0.4) is 0 Å². The van der Waals surface area contributed by atoms with Crippen molar-refractivity contribution in [3.8, 4) is 5.75 Å². The molecule has 0 amide bonds. The molecule has 0 bridgehead atoms. The molecule has 0 aliphatic heterocycles. The fourth-order valence-electron chi connectivity index (χ4n) is 3.05. The summed E-state index contributed by atoms with van der Waals surface area (Å²) in [6.07, 6.45) is -0.860. The molecule has 2 rings (SSSR count). The van der Waals surface area contributed by atoms with Gasteiger partial charge in [0.05, 0.1) is 12.1 Å². The van der Waals surface area contributed by atoms with Crippen molar-refractivity contribution in [1.82, 2.24) is 10.6 Å². The molecule has 9 heteroatoms. The number of nitrogens with one attached hydrogen (secondary N) is 2. The lowest BCUT2D eigenvalue weighted by Gasteiger charge is -2.24. The predicted molar refractivity (Wildman–Crippen MR) is 114 cm³/mol. The van der Waals surface area contributed by atoms with Gasteiger partial charge < -0.3 is 20.5 Å². The summed E-state index contributed by atoms with van der Waals surface area (Å²) in [5, 5.41) is 16.7. The third-order valence-corrected chi connectivity index (χ3v) is 4.48. The second-order valence-electron chi connectivity index (χ2n) is 7.00. The van der Waals surface area contributed by atoms with Crippen LogP contribution in [0.5, 0.6) is 5.75 Å². The zero-order valence-corrected chi connectivity index (χ0v) is 18.6. The molecule has 28 heavy (non-hydrogen) atoms. The molecule has 0 radical (unpaired) electrons. The van der Waals surface area contributed by atoms with Crippen molar-refractivity contribution >= 4 is 29.9 Å². The Hall–Kier alpha value is -1.23. The number of nitrogens with zero attached hydrogens (tertiary/aromatic N) is 1. The molecule has 0 heterocycles. The van der Waals surface area contributed by atoms with Crippen LogP contribution in [0.4, 0.5) is 13.2 Å². The number of halogens is 4. The zero-order valence-electron chi connectivity index (χ0n) is 16.2. The van der Waals surface area contributed by atoms with Crippen molar-refractivity contribution in [1.29, 1.82) is 0 Å². The summed E-state index contributed by atoms with van der Waals surface area (Å²) in [7, 11) is 0. The molecule has 1 fully saturated rings. The quantitative estimate of drug-likeness (QED) is 0.293. The van der Waals surface area contributed by atoms with Crippen LogP contribution in [0.2, 0.25) is 0 Å². The van der Waals surface area contributed by atoms with Crippen molar-refractivity contribution in [2.24, 2.45) is 4.99 Å². The Labute approximate surface area is 181 Å². The number of aliphatic imine (C=N–C) groups is 1. The van der Waals surface area contributed by atoms with E-state index in [9.17, 15) is 18.3 Å². The highest BCUT2D eigenvalue weighted by Gasteiger charge is 2.31. The van der Waals surface area contributed by atoms with Gasteiger partial charge in [-0.3, -0.25) is 0 Å². The Bertz CT molecular complexity index is 648. The van der Waals surface area contributed by atoms with Crippen LogP contribution < -0.4 is 15.4 Å². The average Bonchev–Trinajstić information content (AvgIpc) is 3.03. The third-order valence-electron chi connectivity index (χ3n) is 4.48. The molecule has 1 aromatic carbocycles. The molecule has 1 aliphatic carbocycles. The number of hydrogen-bond donors (Lipinski definition) is 3. The van der Waals surface area contributed by atoms with E-state index in [4.69, 9.17) is 4.74 Å². The molecule has 3 N–H and O–H groups in total. The van der Waals surface area contributed by atoms with Crippen molar-refractivity contribution in [2.75, 3.05) is 19.7 Å². The minimum Gasteiger partial charge on any atom is -0.484 e.